The van der Waals surface area contributed by atoms with Crippen molar-refractivity contribution in [3.8, 4) is 17.1 Å². The van der Waals surface area contributed by atoms with Gasteiger partial charge in [0.2, 0.25) is 16.8 Å². The number of ether oxygens (including phenoxy) is 1. The van der Waals surface area contributed by atoms with Gasteiger partial charge >= 0.3 is 0 Å². The van der Waals surface area contributed by atoms with Crippen LogP contribution in [0.1, 0.15) is 11.5 Å². The molecule has 0 spiro atoms. The first-order chi connectivity index (χ1) is 13.8. The lowest BCUT2D eigenvalue weighted by Crippen LogP contribution is -1.98. The van der Waals surface area contributed by atoms with E-state index in [9.17, 15) is 0 Å². The van der Waals surface area contributed by atoms with Crippen LogP contribution >= 0.6 is 23.1 Å². The molecule has 0 amide bonds. The predicted molar refractivity (Wildman–Crippen MR) is 110 cm³/mol. The lowest BCUT2D eigenvalue weighted by Gasteiger charge is -2.00. The Bertz CT molecular complexity index is 1040. The van der Waals surface area contributed by atoms with Gasteiger partial charge in [0.05, 0.1) is 12.9 Å². The molecule has 142 valence electrons. The van der Waals surface area contributed by atoms with Gasteiger partial charge in [-0.3, -0.25) is 0 Å². The van der Waals surface area contributed by atoms with E-state index < -0.39 is 0 Å². The molecule has 0 aliphatic rings. The van der Waals surface area contributed by atoms with Gasteiger partial charge in [0.15, 0.2) is 4.34 Å². The van der Waals surface area contributed by atoms with Crippen LogP contribution in [-0.4, -0.2) is 27.4 Å². The standard InChI is InChI=1S/C19H17N5O2S2/c1-25-15-9-5-8-14(10-15)17-21-16(26-24-17)12-27-19-23-22-18(28-19)20-11-13-6-3-2-4-7-13/h2-10H,11-12H2,1H3,(H,20,22). The molecule has 9 heteroatoms. The highest BCUT2D eigenvalue weighted by molar-refractivity contribution is 8.00. The van der Waals surface area contributed by atoms with E-state index in [1.807, 2.05) is 42.5 Å². The minimum atomic E-state index is 0.532. The van der Waals surface area contributed by atoms with Gasteiger partial charge in [0.25, 0.3) is 0 Å². The number of rotatable bonds is 8. The third-order valence-corrected chi connectivity index (χ3v) is 5.81. The van der Waals surface area contributed by atoms with Crippen molar-refractivity contribution in [3.63, 3.8) is 0 Å². The molecule has 0 radical (unpaired) electrons. The Morgan fingerprint density at radius 1 is 1.11 bits per heavy atom. The maximum atomic E-state index is 5.34. The topological polar surface area (TPSA) is 86.0 Å². The molecule has 0 unspecified atom stereocenters. The molecule has 7 nitrogen and oxygen atoms in total. The molecule has 2 aromatic heterocycles. The molecule has 2 heterocycles. The van der Waals surface area contributed by atoms with E-state index in [0.29, 0.717) is 24.0 Å². The van der Waals surface area contributed by atoms with Crippen LogP contribution in [0.2, 0.25) is 0 Å². The summed E-state index contributed by atoms with van der Waals surface area (Å²) in [7, 11) is 1.63. The van der Waals surface area contributed by atoms with E-state index in [-0.39, 0.29) is 0 Å². The molecule has 0 fully saturated rings. The summed E-state index contributed by atoms with van der Waals surface area (Å²) >= 11 is 3.02. The van der Waals surface area contributed by atoms with Crippen LogP contribution in [0.5, 0.6) is 5.75 Å². The Morgan fingerprint density at radius 3 is 2.86 bits per heavy atom. The van der Waals surface area contributed by atoms with Crippen LogP contribution in [0.25, 0.3) is 11.4 Å². The Kier molecular flexibility index (Phi) is 5.83. The molecule has 4 aromatic rings. The fraction of sp³-hybridized carbons (Fsp3) is 0.158. The van der Waals surface area contributed by atoms with Gasteiger partial charge in [0.1, 0.15) is 5.75 Å². The first-order valence-electron chi connectivity index (χ1n) is 8.51. The first kappa shape index (κ1) is 18.5. The zero-order chi connectivity index (χ0) is 19.2. The summed E-state index contributed by atoms with van der Waals surface area (Å²) in [4.78, 5) is 4.44. The molecule has 0 aliphatic carbocycles. The highest BCUT2D eigenvalue weighted by Crippen LogP contribution is 2.29. The number of hydrogen-bond donors (Lipinski definition) is 1. The van der Waals surface area contributed by atoms with Gasteiger partial charge in [-0.05, 0) is 17.7 Å². The lowest BCUT2D eigenvalue weighted by molar-refractivity contribution is 0.391. The normalized spacial score (nSPS) is 10.8. The van der Waals surface area contributed by atoms with Crippen molar-refractivity contribution >= 4 is 28.2 Å². The number of anilines is 1. The van der Waals surface area contributed by atoms with Crippen LogP contribution < -0.4 is 10.1 Å². The summed E-state index contributed by atoms with van der Waals surface area (Å²) in [5.74, 6) is 2.36. The second kappa shape index (κ2) is 8.85. The summed E-state index contributed by atoms with van der Waals surface area (Å²) in [6, 6.07) is 17.7. The van der Waals surface area contributed by atoms with E-state index in [0.717, 1.165) is 20.8 Å². The maximum Gasteiger partial charge on any atom is 0.237 e. The van der Waals surface area contributed by atoms with Crippen LogP contribution in [0, 0.1) is 0 Å². The van der Waals surface area contributed by atoms with Gasteiger partial charge < -0.3 is 14.6 Å². The summed E-state index contributed by atoms with van der Waals surface area (Å²) in [5.41, 5.74) is 2.05. The van der Waals surface area contributed by atoms with Gasteiger partial charge in [-0.2, -0.15) is 4.98 Å². The molecule has 1 N–H and O–H groups in total. The van der Waals surface area contributed by atoms with Gasteiger partial charge in [-0.25, -0.2) is 0 Å². The Hall–Kier alpha value is -2.91. The first-order valence-corrected chi connectivity index (χ1v) is 10.3. The molecule has 0 atom stereocenters. The number of hydrogen-bond acceptors (Lipinski definition) is 9. The monoisotopic (exact) mass is 411 g/mol. The van der Waals surface area contributed by atoms with Crippen LogP contribution in [0.15, 0.2) is 63.5 Å². The van der Waals surface area contributed by atoms with Crippen molar-refractivity contribution in [3.05, 3.63) is 66.1 Å². The number of nitrogens with zero attached hydrogens (tertiary/aromatic N) is 4. The smallest absolute Gasteiger partial charge is 0.237 e. The highest BCUT2D eigenvalue weighted by Gasteiger charge is 2.12. The number of methoxy groups -OCH3 is 1. The van der Waals surface area contributed by atoms with E-state index >= 15 is 0 Å². The summed E-state index contributed by atoms with van der Waals surface area (Å²) in [6.07, 6.45) is 0. The molecule has 4 rings (SSSR count). The molecule has 28 heavy (non-hydrogen) atoms. The zero-order valence-corrected chi connectivity index (χ0v) is 16.7. The predicted octanol–water partition coefficient (Wildman–Crippen LogP) is 4.50. The number of nitrogens with one attached hydrogen (secondary N) is 1. The van der Waals surface area contributed by atoms with Crippen molar-refractivity contribution in [2.24, 2.45) is 0 Å². The average Bonchev–Trinajstić information content (AvgIpc) is 3.41. The van der Waals surface area contributed by atoms with Crippen LogP contribution in [0.3, 0.4) is 0 Å². The Labute approximate surface area is 170 Å². The Morgan fingerprint density at radius 2 is 2.00 bits per heavy atom. The molecular weight excluding hydrogens is 394 g/mol. The number of benzene rings is 2. The summed E-state index contributed by atoms with van der Waals surface area (Å²) < 4.78 is 11.4. The van der Waals surface area contributed by atoms with Crippen molar-refractivity contribution in [2.75, 3.05) is 12.4 Å². The fourth-order valence-corrected chi connectivity index (χ4v) is 4.01. The third kappa shape index (κ3) is 4.68. The van der Waals surface area contributed by atoms with Crippen molar-refractivity contribution in [1.82, 2.24) is 20.3 Å². The lowest BCUT2D eigenvalue weighted by atomic mass is 10.2. The van der Waals surface area contributed by atoms with Gasteiger partial charge in [-0.15, -0.1) is 10.2 Å². The van der Waals surface area contributed by atoms with E-state index in [1.165, 1.54) is 28.7 Å². The maximum absolute atomic E-state index is 5.34. The number of thioether (sulfide) groups is 1. The zero-order valence-electron chi connectivity index (χ0n) is 15.0. The van der Waals surface area contributed by atoms with Crippen molar-refractivity contribution in [1.29, 1.82) is 0 Å². The average molecular weight is 412 g/mol. The van der Waals surface area contributed by atoms with Crippen LogP contribution in [-0.2, 0) is 12.3 Å². The van der Waals surface area contributed by atoms with E-state index in [4.69, 9.17) is 9.26 Å². The number of aromatic nitrogens is 4. The summed E-state index contributed by atoms with van der Waals surface area (Å²) in [6.45, 7) is 0.716. The Balaban J connectivity index is 1.32. The summed E-state index contributed by atoms with van der Waals surface area (Å²) in [5, 5.41) is 16.5. The van der Waals surface area contributed by atoms with Crippen LogP contribution in [0.4, 0.5) is 5.13 Å². The quantitative estimate of drug-likeness (QED) is 0.424. The molecular formula is C19H17N5O2S2. The van der Waals surface area contributed by atoms with E-state index in [1.54, 1.807) is 7.11 Å². The third-order valence-electron chi connectivity index (χ3n) is 3.81. The van der Waals surface area contributed by atoms with Gasteiger partial charge in [0, 0.05) is 12.1 Å². The highest BCUT2D eigenvalue weighted by atomic mass is 32.2. The molecule has 2 aromatic carbocycles. The fourth-order valence-electron chi connectivity index (χ4n) is 2.43. The second-order valence-electron chi connectivity index (χ2n) is 5.74. The minimum Gasteiger partial charge on any atom is -0.497 e. The molecule has 0 aliphatic heterocycles. The molecule has 0 bridgehead atoms. The molecule has 0 saturated carbocycles. The SMILES string of the molecule is COc1cccc(-c2noc(CSc3nnc(NCc4ccccc4)s3)n2)c1. The largest absolute Gasteiger partial charge is 0.497 e. The minimum absolute atomic E-state index is 0.532. The van der Waals surface area contributed by atoms with Gasteiger partial charge in [-0.1, -0.05) is 70.7 Å². The molecule has 0 saturated heterocycles. The second-order valence-corrected chi connectivity index (χ2v) is 7.94. The van der Waals surface area contributed by atoms with E-state index in [2.05, 4.69) is 37.8 Å². The van der Waals surface area contributed by atoms with Crippen molar-refractivity contribution < 1.29 is 9.26 Å². The van der Waals surface area contributed by atoms with Crippen molar-refractivity contribution in [2.45, 2.75) is 16.6 Å².